The lowest BCUT2D eigenvalue weighted by molar-refractivity contribution is 0.251. The molecular weight excluding hydrogens is 270 g/mol. The van der Waals surface area contributed by atoms with Crippen molar-refractivity contribution in [3.63, 3.8) is 0 Å². The van der Waals surface area contributed by atoms with Gasteiger partial charge in [-0.15, -0.1) is 0 Å². The van der Waals surface area contributed by atoms with Gasteiger partial charge in [0.25, 0.3) is 0 Å². The van der Waals surface area contributed by atoms with Crippen molar-refractivity contribution in [2.24, 2.45) is 0 Å². The van der Waals surface area contributed by atoms with Crippen LogP contribution >= 0.6 is 11.8 Å². The predicted molar refractivity (Wildman–Crippen MR) is 85.9 cm³/mol. The lowest BCUT2D eigenvalue weighted by Gasteiger charge is -2.30. The Morgan fingerprint density at radius 1 is 1.30 bits per heavy atom. The maximum absolute atomic E-state index is 11.7. The van der Waals surface area contributed by atoms with Crippen molar-refractivity contribution in [3.8, 4) is 0 Å². The van der Waals surface area contributed by atoms with E-state index < -0.39 is 0 Å². The summed E-state index contributed by atoms with van der Waals surface area (Å²) in [6, 6.07) is 6.48. The van der Waals surface area contributed by atoms with Gasteiger partial charge in [-0.1, -0.05) is 0 Å². The molecule has 2 aliphatic rings. The molecule has 4 nitrogen and oxygen atoms in total. The normalized spacial score (nSPS) is 18.8. The van der Waals surface area contributed by atoms with Gasteiger partial charge in [0.05, 0.1) is 0 Å². The average Bonchev–Trinajstić information content (AvgIpc) is 3.23. The number of benzene rings is 1. The van der Waals surface area contributed by atoms with Crippen molar-refractivity contribution in [2.75, 3.05) is 34.8 Å². The summed E-state index contributed by atoms with van der Waals surface area (Å²) in [5, 5.41) is 5.85. The summed E-state index contributed by atoms with van der Waals surface area (Å²) in [5.74, 6) is 2.40. The quantitative estimate of drug-likeness (QED) is 0.900. The summed E-state index contributed by atoms with van der Waals surface area (Å²) in [6.45, 7) is 4.34. The van der Waals surface area contributed by atoms with E-state index in [9.17, 15) is 4.79 Å². The molecule has 1 saturated carbocycles. The second-order valence-corrected chi connectivity index (χ2v) is 6.70. The number of hydrogen-bond acceptors (Lipinski definition) is 3. The topological polar surface area (TPSA) is 44.4 Å². The minimum Gasteiger partial charge on any atom is -0.370 e. The van der Waals surface area contributed by atoms with Crippen LogP contribution in [-0.4, -0.2) is 36.7 Å². The van der Waals surface area contributed by atoms with E-state index in [4.69, 9.17) is 0 Å². The molecule has 2 fully saturated rings. The minimum absolute atomic E-state index is 0.0889. The first-order valence-corrected chi connectivity index (χ1v) is 8.39. The Bertz CT molecular complexity index is 496. The first-order chi connectivity index (χ1) is 9.72. The van der Waals surface area contributed by atoms with E-state index in [-0.39, 0.29) is 6.03 Å². The van der Waals surface area contributed by atoms with Gasteiger partial charge in [0.1, 0.15) is 0 Å². The van der Waals surface area contributed by atoms with Gasteiger partial charge in [-0.3, -0.25) is 0 Å². The molecule has 1 aliphatic carbocycles. The van der Waals surface area contributed by atoms with E-state index in [0.29, 0.717) is 6.04 Å². The van der Waals surface area contributed by atoms with Crippen LogP contribution < -0.4 is 15.5 Å². The number of carbonyl (C=O) groups is 1. The molecule has 3 rings (SSSR count). The number of nitrogens with one attached hydrogen (secondary N) is 2. The molecule has 20 heavy (non-hydrogen) atoms. The molecule has 5 heteroatoms. The molecule has 1 aromatic rings. The van der Waals surface area contributed by atoms with Crippen LogP contribution in [0.2, 0.25) is 0 Å². The zero-order chi connectivity index (χ0) is 13.9. The summed E-state index contributed by atoms with van der Waals surface area (Å²) in [6.07, 6.45) is 2.22. The first kappa shape index (κ1) is 13.6. The zero-order valence-electron chi connectivity index (χ0n) is 11.8. The number of anilines is 2. The maximum Gasteiger partial charge on any atom is 0.319 e. The van der Waals surface area contributed by atoms with Crippen LogP contribution in [0, 0.1) is 6.92 Å². The lowest BCUT2D eigenvalue weighted by Crippen LogP contribution is -2.33. The number of amides is 2. The highest BCUT2D eigenvalue weighted by molar-refractivity contribution is 7.99. The third kappa shape index (κ3) is 3.39. The fourth-order valence-corrected chi connectivity index (χ4v) is 3.38. The molecule has 1 heterocycles. The van der Waals surface area contributed by atoms with Crippen LogP contribution in [0.15, 0.2) is 18.2 Å². The third-order valence-corrected chi connectivity index (χ3v) is 4.66. The van der Waals surface area contributed by atoms with Gasteiger partial charge in [-0.05, 0) is 43.5 Å². The number of aryl methyl sites for hydroxylation is 1. The molecule has 0 radical (unpaired) electrons. The number of carbonyl (C=O) groups excluding carboxylic acids is 1. The monoisotopic (exact) mass is 291 g/mol. The Kier molecular flexibility index (Phi) is 4.05. The maximum atomic E-state index is 11.7. The van der Waals surface area contributed by atoms with Crippen molar-refractivity contribution >= 4 is 29.2 Å². The van der Waals surface area contributed by atoms with Crippen molar-refractivity contribution < 1.29 is 4.79 Å². The van der Waals surface area contributed by atoms with E-state index in [1.54, 1.807) is 0 Å². The largest absolute Gasteiger partial charge is 0.370 e. The van der Waals surface area contributed by atoms with Gasteiger partial charge in [-0.2, -0.15) is 11.8 Å². The summed E-state index contributed by atoms with van der Waals surface area (Å²) >= 11 is 2.02. The second-order valence-electron chi connectivity index (χ2n) is 5.47. The standard InChI is InChI=1S/C15H21N3OS/c1-11-10-13(17-15(19)16-12-2-3-12)4-5-14(11)18-6-8-20-9-7-18/h4-5,10,12H,2-3,6-9H2,1H3,(H2,16,17,19). The zero-order valence-corrected chi connectivity index (χ0v) is 12.6. The Balaban J connectivity index is 1.64. The van der Waals surface area contributed by atoms with Crippen molar-refractivity contribution in [1.82, 2.24) is 5.32 Å². The Morgan fingerprint density at radius 2 is 2.05 bits per heavy atom. The number of rotatable bonds is 3. The fourth-order valence-electron chi connectivity index (χ4n) is 2.47. The summed E-state index contributed by atoms with van der Waals surface area (Å²) < 4.78 is 0. The average molecular weight is 291 g/mol. The smallest absolute Gasteiger partial charge is 0.319 e. The number of thioether (sulfide) groups is 1. The van der Waals surface area contributed by atoms with Gasteiger partial charge >= 0.3 is 6.03 Å². The SMILES string of the molecule is Cc1cc(NC(=O)NC2CC2)ccc1N1CCSCC1. The molecule has 1 saturated heterocycles. The van der Waals surface area contributed by atoms with Crippen molar-refractivity contribution in [1.29, 1.82) is 0 Å². The number of urea groups is 1. The molecule has 0 bridgehead atoms. The number of hydrogen-bond donors (Lipinski definition) is 2. The summed E-state index contributed by atoms with van der Waals surface area (Å²) in [7, 11) is 0. The Labute approximate surface area is 124 Å². The lowest BCUT2D eigenvalue weighted by atomic mass is 10.1. The molecule has 2 amide bonds. The summed E-state index contributed by atoms with van der Waals surface area (Å²) in [4.78, 5) is 14.2. The van der Waals surface area contributed by atoms with E-state index >= 15 is 0 Å². The minimum atomic E-state index is -0.0889. The predicted octanol–water partition coefficient (Wildman–Crippen LogP) is 2.83. The van der Waals surface area contributed by atoms with Gasteiger partial charge in [0, 0.05) is 42.0 Å². The molecule has 2 N–H and O–H groups in total. The van der Waals surface area contributed by atoms with Crippen molar-refractivity contribution in [2.45, 2.75) is 25.8 Å². The van der Waals surface area contributed by atoms with E-state index in [2.05, 4.69) is 34.6 Å². The second kappa shape index (κ2) is 5.95. The molecule has 0 aromatic heterocycles. The van der Waals surface area contributed by atoms with Crippen LogP contribution in [0.1, 0.15) is 18.4 Å². The van der Waals surface area contributed by atoms with E-state index in [1.807, 2.05) is 17.8 Å². The van der Waals surface area contributed by atoms with Crippen LogP contribution in [0.4, 0.5) is 16.2 Å². The molecular formula is C15H21N3OS. The van der Waals surface area contributed by atoms with Crippen LogP contribution in [0.25, 0.3) is 0 Å². The molecule has 1 aromatic carbocycles. The third-order valence-electron chi connectivity index (χ3n) is 3.72. The Hall–Kier alpha value is -1.36. The fraction of sp³-hybridized carbons (Fsp3) is 0.533. The van der Waals surface area contributed by atoms with Gasteiger partial charge in [0.2, 0.25) is 0 Å². The number of nitrogens with zero attached hydrogens (tertiary/aromatic N) is 1. The van der Waals surface area contributed by atoms with Crippen LogP contribution in [-0.2, 0) is 0 Å². The molecule has 0 unspecified atom stereocenters. The molecule has 1 aliphatic heterocycles. The van der Waals surface area contributed by atoms with Crippen molar-refractivity contribution in [3.05, 3.63) is 23.8 Å². The molecule has 0 spiro atoms. The van der Waals surface area contributed by atoms with Crippen LogP contribution in [0.3, 0.4) is 0 Å². The van der Waals surface area contributed by atoms with E-state index in [0.717, 1.165) is 31.6 Å². The highest BCUT2D eigenvalue weighted by atomic mass is 32.2. The van der Waals surface area contributed by atoms with Crippen LogP contribution in [0.5, 0.6) is 0 Å². The van der Waals surface area contributed by atoms with Gasteiger partial charge in [0.15, 0.2) is 0 Å². The summed E-state index contributed by atoms with van der Waals surface area (Å²) in [5.41, 5.74) is 3.38. The first-order valence-electron chi connectivity index (χ1n) is 7.23. The molecule has 108 valence electrons. The Morgan fingerprint density at radius 3 is 2.70 bits per heavy atom. The van der Waals surface area contributed by atoms with E-state index in [1.165, 1.54) is 22.8 Å². The highest BCUT2D eigenvalue weighted by Crippen LogP contribution is 2.26. The highest BCUT2D eigenvalue weighted by Gasteiger charge is 2.23. The van der Waals surface area contributed by atoms with Gasteiger partial charge < -0.3 is 15.5 Å². The van der Waals surface area contributed by atoms with Gasteiger partial charge in [-0.25, -0.2) is 4.79 Å². The molecule has 0 atom stereocenters.